The first-order valence-electron chi connectivity index (χ1n) is 4.78. The van der Waals surface area contributed by atoms with Gasteiger partial charge in [0.05, 0.1) is 0 Å². The van der Waals surface area contributed by atoms with Crippen molar-refractivity contribution in [1.29, 1.82) is 0 Å². The van der Waals surface area contributed by atoms with Gasteiger partial charge in [-0.1, -0.05) is 5.16 Å². The molecule has 0 aliphatic carbocycles. The number of nitrogens with zero attached hydrogens (tertiary/aromatic N) is 2. The topological polar surface area (TPSA) is 85.5 Å². The summed E-state index contributed by atoms with van der Waals surface area (Å²) in [6, 6.07) is 4.61. The summed E-state index contributed by atoms with van der Waals surface area (Å²) >= 11 is 0. The molecular weight excluding hydrogens is 269 g/mol. The molecule has 0 saturated heterocycles. The molecule has 19 heavy (non-hydrogen) atoms. The number of hydrogen-bond donors (Lipinski definition) is 1. The number of carboxylic acids is 1. The van der Waals surface area contributed by atoms with Gasteiger partial charge in [0.2, 0.25) is 5.82 Å². The van der Waals surface area contributed by atoms with Gasteiger partial charge in [0, 0.05) is 5.56 Å². The second-order valence-electron chi connectivity index (χ2n) is 3.30. The molecule has 0 atom stereocenters. The Hall–Kier alpha value is -2.58. The fourth-order valence-corrected chi connectivity index (χ4v) is 1.23. The third kappa shape index (κ3) is 3.21. The first-order chi connectivity index (χ1) is 8.85. The highest BCUT2D eigenvalue weighted by atomic mass is 19.4. The maximum absolute atomic E-state index is 11.9. The van der Waals surface area contributed by atoms with E-state index in [0.717, 1.165) is 12.1 Å². The number of alkyl halides is 3. The summed E-state index contributed by atoms with van der Waals surface area (Å²) in [5, 5.41) is 12.0. The Bertz CT molecular complexity index is 592. The van der Waals surface area contributed by atoms with Crippen LogP contribution >= 0.6 is 0 Å². The van der Waals surface area contributed by atoms with Crippen LogP contribution in [0.5, 0.6) is 5.75 Å². The van der Waals surface area contributed by atoms with E-state index in [9.17, 15) is 18.0 Å². The lowest BCUT2D eigenvalue weighted by atomic mass is 10.2. The molecule has 1 aromatic heterocycles. The van der Waals surface area contributed by atoms with Crippen molar-refractivity contribution in [2.24, 2.45) is 0 Å². The van der Waals surface area contributed by atoms with E-state index >= 15 is 0 Å². The molecule has 1 heterocycles. The molecule has 2 rings (SSSR count). The van der Waals surface area contributed by atoms with Crippen LogP contribution in [0.15, 0.2) is 28.8 Å². The maximum atomic E-state index is 11.9. The van der Waals surface area contributed by atoms with Crippen molar-refractivity contribution < 1.29 is 32.3 Å². The van der Waals surface area contributed by atoms with Crippen LogP contribution in [-0.2, 0) is 0 Å². The van der Waals surface area contributed by atoms with Crippen LogP contribution < -0.4 is 4.74 Å². The zero-order chi connectivity index (χ0) is 14.0. The van der Waals surface area contributed by atoms with Gasteiger partial charge in [0.15, 0.2) is 0 Å². The molecule has 0 unspecified atom stereocenters. The smallest absolute Gasteiger partial charge is 0.474 e. The summed E-state index contributed by atoms with van der Waals surface area (Å²) in [5.74, 6) is -2.45. The molecule has 1 N–H and O–H groups in total. The zero-order valence-corrected chi connectivity index (χ0v) is 9.01. The lowest BCUT2D eigenvalue weighted by Gasteiger charge is -2.08. The summed E-state index contributed by atoms with van der Waals surface area (Å²) in [4.78, 5) is 14.1. The standard InChI is InChI=1S/C10H5F3N2O4/c11-10(12,13)18-6-3-1-5(2-4-6)7-14-8(9(16)17)19-15-7/h1-4H,(H,16,17). The van der Waals surface area contributed by atoms with Crippen molar-refractivity contribution in [3.05, 3.63) is 30.2 Å². The fraction of sp³-hybridized carbons (Fsp3) is 0.100. The maximum Gasteiger partial charge on any atom is 0.573 e. The van der Waals surface area contributed by atoms with Crippen LogP contribution in [0, 0.1) is 0 Å². The number of aromatic carboxylic acids is 1. The van der Waals surface area contributed by atoms with E-state index in [1.165, 1.54) is 12.1 Å². The first-order valence-corrected chi connectivity index (χ1v) is 4.78. The van der Waals surface area contributed by atoms with E-state index < -0.39 is 24.0 Å². The molecule has 0 amide bonds. The molecule has 1 aromatic carbocycles. The third-order valence-corrected chi connectivity index (χ3v) is 1.96. The number of ether oxygens (including phenoxy) is 1. The van der Waals surface area contributed by atoms with E-state index in [0.29, 0.717) is 5.56 Å². The molecule has 6 nitrogen and oxygen atoms in total. The predicted octanol–water partition coefficient (Wildman–Crippen LogP) is 2.33. The van der Waals surface area contributed by atoms with Crippen molar-refractivity contribution in [3.8, 4) is 17.1 Å². The molecule has 0 spiro atoms. The SMILES string of the molecule is O=C(O)c1nc(-c2ccc(OC(F)(F)F)cc2)no1. The molecular formula is C10H5F3N2O4. The minimum Gasteiger partial charge on any atom is -0.474 e. The summed E-state index contributed by atoms with van der Waals surface area (Å²) in [6.45, 7) is 0. The number of halogens is 3. The van der Waals surface area contributed by atoms with Gasteiger partial charge >= 0.3 is 18.2 Å². The van der Waals surface area contributed by atoms with Gasteiger partial charge in [-0.25, -0.2) is 4.79 Å². The fourth-order valence-electron chi connectivity index (χ4n) is 1.23. The van der Waals surface area contributed by atoms with Crippen LogP contribution in [0.25, 0.3) is 11.4 Å². The van der Waals surface area contributed by atoms with E-state index in [1.54, 1.807) is 0 Å². The molecule has 0 aliphatic rings. The van der Waals surface area contributed by atoms with Crippen molar-refractivity contribution in [1.82, 2.24) is 10.1 Å². The van der Waals surface area contributed by atoms with Crippen molar-refractivity contribution in [3.63, 3.8) is 0 Å². The quantitative estimate of drug-likeness (QED) is 0.924. The van der Waals surface area contributed by atoms with E-state index in [1.807, 2.05) is 0 Å². The Morgan fingerprint density at radius 3 is 2.37 bits per heavy atom. The van der Waals surface area contributed by atoms with Crippen molar-refractivity contribution in [2.75, 3.05) is 0 Å². The zero-order valence-electron chi connectivity index (χ0n) is 9.01. The Balaban J connectivity index is 2.20. The summed E-state index contributed by atoms with van der Waals surface area (Å²) < 4.78 is 43.9. The van der Waals surface area contributed by atoms with Crippen LogP contribution in [0.3, 0.4) is 0 Å². The first kappa shape index (κ1) is 12.9. The normalized spacial score (nSPS) is 11.3. The minimum absolute atomic E-state index is 0.0454. The van der Waals surface area contributed by atoms with Crippen LogP contribution in [0.4, 0.5) is 13.2 Å². The summed E-state index contributed by atoms with van der Waals surface area (Å²) in [7, 11) is 0. The largest absolute Gasteiger partial charge is 0.573 e. The number of hydrogen-bond acceptors (Lipinski definition) is 5. The molecule has 9 heteroatoms. The molecule has 0 bridgehead atoms. The Morgan fingerprint density at radius 1 is 1.26 bits per heavy atom. The third-order valence-electron chi connectivity index (χ3n) is 1.96. The molecule has 2 aromatic rings. The van der Waals surface area contributed by atoms with Crippen LogP contribution in [0.1, 0.15) is 10.7 Å². The Morgan fingerprint density at radius 2 is 1.89 bits per heavy atom. The average molecular weight is 274 g/mol. The van der Waals surface area contributed by atoms with Gasteiger partial charge in [-0.3, -0.25) is 0 Å². The van der Waals surface area contributed by atoms with Crippen LogP contribution in [0.2, 0.25) is 0 Å². The van der Waals surface area contributed by atoms with E-state index in [-0.39, 0.29) is 5.82 Å². The van der Waals surface area contributed by atoms with Gasteiger partial charge in [-0.15, -0.1) is 13.2 Å². The molecule has 0 fully saturated rings. The Kier molecular flexibility index (Phi) is 3.11. The highest BCUT2D eigenvalue weighted by Gasteiger charge is 2.31. The second-order valence-corrected chi connectivity index (χ2v) is 3.30. The number of rotatable bonds is 3. The second kappa shape index (κ2) is 4.59. The molecule has 100 valence electrons. The molecule has 0 saturated carbocycles. The van der Waals surface area contributed by atoms with Crippen molar-refractivity contribution in [2.45, 2.75) is 6.36 Å². The van der Waals surface area contributed by atoms with Gasteiger partial charge < -0.3 is 14.4 Å². The van der Waals surface area contributed by atoms with Crippen LogP contribution in [-0.4, -0.2) is 27.6 Å². The number of benzene rings is 1. The van der Waals surface area contributed by atoms with E-state index in [2.05, 4.69) is 19.4 Å². The number of aromatic nitrogens is 2. The van der Waals surface area contributed by atoms with Gasteiger partial charge in [0.1, 0.15) is 5.75 Å². The van der Waals surface area contributed by atoms with Gasteiger partial charge in [-0.05, 0) is 24.3 Å². The molecule has 0 aliphatic heterocycles. The van der Waals surface area contributed by atoms with Gasteiger partial charge in [-0.2, -0.15) is 4.98 Å². The summed E-state index contributed by atoms with van der Waals surface area (Å²) in [6.07, 6.45) is -4.77. The van der Waals surface area contributed by atoms with Gasteiger partial charge in [0.25, 0.3) is 0 Å². The van der Waals surface area contributed by atoms with Crippen molar-refractivity contribution >= 4 is 5.97 Å². The highest BCUT2D eigenvalue weighted by Crippen LogP contribution is 2.25. The predicted molar refractivity (Wildman–Crippen MR) is 53.4 cm³/mol. The Labute approximate surface area is 103 Å². The lowest BCUT2D eigenvalue weighted by molar-refractivity contribution is -0.274. The average Bonchev–Trinajstić information content (AvgIpc) is 2.77. The van der Waals surface area contributed by atoms with E-state index in [4.69, 9.17) is 5.11 Å². The minimum atomic E-state index is -4.77. The number of carboxylic acid groups (broad SMARTS) is 1. The summed E-state index contributed by atoms with van der Waals surface area (Å²) in [5.41, 5.74) is 0.297. The lowest BCUT2D eigenvalue weighted by Crippen LogP contribution is -2.16. The highest BCUT2D eigenvalue weighted by molar-refractivity contribution is 5.82. The monoisotopic (exact) mass is 274 g/mol. The molecule has 0 radical (unpaired) electrons. The number of carbonyl (C=O) groups is 1.